The van der Waals surface area contributed by atoms with E-state index in [9.17, 15) is 9.59 Å². The number of amides is 2. The fourth-order valence-electron chi connectivity index (χ4n) is 6.46. The zero-order valence-electron chi connectivity index (χ0n) is 16.9. The average Bonchev–Trinajstić information content (AvgIpc) is 3.19. The van der Waals surface area contributed by atoms with Gasteiger partial charge in [0.2, 0.25) is 5.91 Å². The summed E-state index contributed by atoms with van der Waals surface area (Å²) in [4.78, 5) is 31.0. The summed E-state index contributed by atoms with van der Waals surface area (Å²) >= 11 is 0. The van der Waals surface area contributed by atoms with Crippen molar-refractivity contribution in [1.82, 2.24) is 9.88 Å². The van der Waals surface area contributed by atoms with Crippen molar-refractivity contribution in [1.29, 1.82) is 5.26 Å². The van der Waals surface area contributed by atoms with Crippen LogP contribution in [0.5, 0.6) is 0 Å². The number of aromatic nitrogens is 1. The van der Waals surface area contributed by atoms with E-state index in [1.807, 2.05) is 0 Å². The van der Waals surface area contributed by atoms with Gasteiger partial charge < -0.3 is 20.7 Å². The van der Waals surface area contributed by atoms with Crippen molar-refractivity contribution < 1.29 is 14.3 Å². The number of pyridine rings is 1. The lowest BCUT2D eigenvalue weighted by atomic mass is 9.48. The standard InChI is InChI=1S/C22H27N5O3/c23-10-13-1-2-18(25-11-13)26-17-3-4-27(12-17)21(29)30-19-15-5-14-6-16(19)9-22(7-14,8-15)20(24)28/h1-2,11,14-17,19H,3-9,12H2,(H2,24,28)(H,25,26)/t14?,15-,16?,17?,19?,22?/m0/s1. The van der Waals surface area contributed by atoms with Crippen LogP contribution in [0.2, 0.25) is 0 Å². The summed E-state index contributed by atoms with van der Waals surface area (Å²) in [7, 11) is 0. The number of nitrogens with zero attached hydrogens (tertiary/aromatic N) is 3. The van der Waals surface area contributed by atoms with Gasteiger partial charge in [-0.3, -0.25) is 4.79 Å². The monoisotopic (exact) mass is 409 g/mol. The third-order valence-corrected chi connectivity index (χ3v) is 7.64. The normalized spacial score (nSPS) is 36.4. The minimum absolute atomic E-state index is 0.0891. The van der Waals surface area contributed by atoms with Crippen molar-refractivity contribution in [2.45, 2.75) is 50.7 Å². The summed E-state index contributed by atoms with van der Waals surface area (Å²) in [5.74, 6) is 1.59. The van der Waals surface area contributed by atoms with E-state index in [-0.39, 0.29) is 41.4 Å². The van der Waals surface area contributed by atoms with Crippen LogP contribution in [-0.4, -0.2) is 47.1 Å². The molecule has 5 aliphatic rings. The molecule has 1 aromatic rings. The quantitative estimate of drug-likeness (QED) is 0.787. The number of nitrogens with two attached hydrogens (primary N) is 1. The largest absolute Gasteiger partial charge is 0.446 e. The topological polar surface area (TPSA) is 121 Å². The number of carbonyl (C=O) groups excluding carboxylic acids is 2. The number of nitrogens with one attached hydrogen (secondary N) is 1. The van der Waals surface area contributed by atoms with Crippen molar-refractivity contribution in [2.75, 3.05) is 18.4 Å². The molecular formula is C22H27N5O3. The zero-order valence-corrected chi connectivity index (χ0v) is 16.9. The summed E-state index contributed by atoms with van der Waals surface area (Å²) < 4.78 is 6.02. The first-order valence-corrected chi connectivity index (χ1v) is 10.8. The number of anilines is 1. The Bertz CT molecular complexity index is 879. The maximum atomic E-state index is 12.9. The second-order valence-corrected chi connectivity index (χ2v) is 9.58. The Kier molecular flexibility index (Phi) is 4.57. The van der Waals surface area contributed by atoms with Gasteiger partial charge in [-0.15, -0.1) is 0 Å². The molecule has 1 aromatic heterocycles. The Labute approximate surface area is 175 Å². The van der Waals surface area contributed by atoms with Crippen LogP contribution in [0, 0.1) is 34.5 Å². The van der Waals surface area contributed by atoms with E-state index in [0.717, 1.165) is 38.5 Å². The first-order chi connectivity index (χ1) is 14.5. The molecule has 2 amide bonds. The SMILES string of the molecule is N#Cc1ccc(NC2CCN(C(=O)OC3C4CC5C[C@H]3CC(C(N)=O)(C5)C4)C2)nc1. The van der Waals surface area contributed by atoms with E-state index in [1.165, 1.54) is 6.20 Å². The van der Waals surface area contributed by atoms with E-state index >= 15 is 0 Å². The highest BCUT2D eigenvalue weighted by molar-refractivity contribution is 5.81. The van der Waals surface area contributed by atoms with Crippen LogP contribution < -0.4 is 11.1 Å². The maximum Gasteiger partial charge on any atom is 0.410 e. The lowest BCUT2D eigenvalue weighted by Crippen LogP contribution is -2.59. The van der Waals surface area contributed by atoms with Crippen LogP contribution in [0.3, 0.4) is 0 Å². The van der Waals surface area contributed by atoms with E-state index in [0.29, 0.717) is 30.4 Å². The summed E-state index contributed by atoms with van der Waals surface area (Å²) in [6, 6.07) is 5.66. The summed E-state index contributed by atoms with van der Waals surface area (Å²) in [6.45, 7) is 1.21. The third kappa shape index (κ3) is 3.26. The van der Waals surface area contributed by atoms with Gasteiger partial charge in [0.25, 0.3) is 0 Å². The molecule has 6 rings (SSSR count). The summed E-state index contributed by atoms with van der Waals surface area (Å²) in [6.07, 6.45) is 6.54. The Morgan fingerprint density at radius 2 is 2.03 bits per heavy atom. The zero-order chi connectivity index (χ0) is 20.9. The van der Waals surface area contributed by atoms with E-state index in [4.69, 9.17) is 15.7 Å². The van der Waals surface area contributed by atoms with E-state index < -0.39 is 0 Å². The lowest BCUT2D eigenvalue weighted by molar-refractivity contribution is -0.161. The highest BCUT2D eigenvalue weighted by Gasteiger charge is 2.59. The molecule has 4 aliphatic carbocycles. The average molecular weight is 409 g/mol. The number of likely N-dealkylation sites (tertiary alicyclic amines) is 1. The van der Waals surface area contributed by atoms with Gasteiger partial charge in [-0.05, 0) is 68.4 Å². The molecule has 1 aliphatic heterocycles. The molecule has 1 saturated heterocycles. The van der Waals surface area contributed by atoms with Crippen molar-refractivity contribution in [3.63, 3.8) is 0 Å². The number of nitriles is 1. The van der Waals surface area contributed by atoms with Crippen LogP contribution in [0.15, 0.2) is 18.3 Å². The van der Waals surface area contributed by atoms with Crippen LogP contribution in [0.1, 0.15) is 44.1 Å². The number of rotatable bonds is 4. The molecule has 0 radical (unpaired) electrons. The fourth-order valence-corrected chi connectivity index (χ4v) is 6.46. The smallest absolute Gasteiger partial charge is 0.410 e. The van der Waals surface area contributed by atoms with Gasteiger partial charge >= 0.3 is 6.09 Å². The molecule has 4 saturated carbocycles. The second-order valence-electron chi connectivity index (χ2n) is 9.58. The number of hydrogen-bond donors (Lipinski definition) is 2. The fraction of sp³-hybridized carbons (Fsp3) is 0.636. The summed E-state index contributed by atoms with van der Waals surface area (Å²) in [5, 5.41) is 12.2. The molecule has 5 unspecified atom stereocenters. The molecule has 0 spiro atoms. The van der Waals surface area contributed by atoms with Crippen LogP contribution in [0.25, 0.3) is 0 Å². The van der Waals surface area contributed by atoms with Crippen molar-refractivity contribution >= 4 is 17.8 Å². The first-order valence-electron chi connectivity index (χ1n) is 10.8. The Morgan fingerprint density at radius 3 is 2.67 bits per heavy atom. The van der Waals surface area contributed by atoms with Gasteiger partial charge in [0.05, 0.1) is 11.0 Å². The minimum atomic E-state index is -0.365. The highest BCUT2D eigenvalue weighted by Crippen LogP contribution is 2.60. The molecule has 2 heterocycles. The third-order valence-electron chi connectivity index (χ3n) is 7.64. The Balaban J connectivity index is 1.18. The molecule has 30 heavy (non-hydrogen) atoms. The maximum absolute atomic E-state index is 12.9. The predicted octanol–water partition coefficient (Wildman–Crippen LogP) is 2.26. The first kappa shape index (κ1) is 19.2. The van der Waals surface area contributed by atoms with E-state index in [2.05, 4.69) is 16.4 Å². The molecule has 5 fully saturated rings. The minimum Gasteiger partial charge on any atom is -0.446 e. The molecular weight excluding hydrogens is 382 g/mol. The van der Waals surface area contributed by atoms with Gasteiger partial charge in [-0.1, -0.05) is 0 Å². The van der Waals surface area contributed by atoms with Crippen LogP contribution >= 0.6 is 0 Å². The van der Waals surface area contributed by atoms with Crippen molar-refractivity contribution in [2.24, 2.45) is 28.9 Å². The summed E-state index contributed by atoms with van der Waals surface area (Å²) in [5.41, 5.74) is 5.90. The molecule has 4 bridgehead atoms. The van der Waals surface area contributed by atoms with Crippen LogP contribution in [-0.2, 0) is 9.53 Å². The second kappa shape index (κ2) is 7.15. The number of carbonyl (C=O) groups is 2. The van der Waals surface area contributed by atoms with Gasteiger partial charge in [0.1, 0.15) is 18.0 Å². The molecule has 0 aromatic carbocycles. The Hall–Kier alpha value is -2.82. The predicted molar refractivity (Wildman–Crippen MR) is 108 cm³/mol. The molecule has 8 heteroatoms. The molecule has 8 nitrogen and oxygen atoms in total. The van der Waals surface area contributed by atoms with Gasteiger partial charge in [-0.2, -0.15) is 5.26 Å². The lowest BCUT2D eigenvalue weighted by Gasteiger charge is -2.58. The number of hydrogen-bond acceptors (Lipinski definition) is 6. The number of ether oxygens (including phenoxy) is 1. The van der Waals surface area contributed by atoms with Gasteiger partial charge in [0.15, 0.2) is 0 Å². The molecule has 3 N–H and O–H groups in total. The Morgan fingerprint density at radius 1 is 1.27 bits per heavy atom. The van der Waals surface area contributed by atoms with Gasteiger partial charge in [-0.25, -0.2) is 9.78 Å². The van der Waals surface area contributed by atoms with Gasteiger partial charge in [0, 0.05) is 25.3 Å². The number of primary amides is 1. The molecule has 158 valence electrons. The van der Waals surface area contributed by atoms with E-state index in [1.54, 1.807) is 17.0 Å². The molecule has 6 atom stereocenters. The highest BCUT2D eigenvalue weighted by atomic mass is 16.6. The van der Waals surface area contributed by atoms with Crippen molar-refractivity contribution in [3.05, 3.63) is 23.9 Å². The van der Waals surface area contributed by atoms with Crippen molar-refractivity contribution in [3.8, 4) is 6.07 Å². The van der Waals surface area contributed by atoms with Crippen LogP contribution in [0.4, 0.5) is 10.6 Å².